The van der Waals surface area contributed by atoms with E-state index in [-0.39, 0.29) is 11.9 Å². The second-order valence-electron chi connectivity index (χ2n) is 6.42. The van der Waals surface area contributed by atoms with Gasteiger partial charge >= 0.3 is 0 Å². The second-order valence-corrected chi connectivity index (χ2v) is 6.42. The Kier molecular flexibility index (Phi) is 3.67. The lowest BCUT2D eigenvalue weighted by Gasteiger charge is -2.26. The van der Waals surface area contributed by atoms with Gasteiger partial charge in [0.15, 0.2) is 5.65 Å². The molecule has 0 spiro atoms. The van der Waals surface area contributed by atoms with Crippen LogP contribution in [0.15, 0.2) is 30.3 Å². The lowest BCUT2D eigenvalue weighted by molar-refractivity contribution is 0.0926. The largest absolute Gasteiger partial charge is 0.493 e. The molecule has 0 bridgehead atoms. The number of ether oxygens (including phenoxy) is 1. The summed E-state index contributed by atoms with van der Waals surface area (Å²) in [6.45, 7) is 4.39. The standard InChI is InChI=1S/C19H20N4O2/c1-11-10-14(17-12(2)22-23(3)18(17)20-11)19(24)21-15-8-9-25-16-7-5-4-6-13(15)16/h4-7,10,15H,8-9H2,1-3H3,(H,21,24). The number of nitrogens with one attached hydrogen (secondary N) is 1. The number of hydrogen-bond acceptors (Lipinski definition) is 4. The summed E-state index contributed by atoms with van der Waals surface area (Å²) in [5, 5.41) is 8.39. The molecule has 1 unspecified atom stereocenters. The second kappa shape index (κ2) is 5.88. The number of hydrogen-bond donors (Lipinski definition) is 1. The van der Waals surface area contributed by atoms with Crippen LogP contribution < -0.4 is 10.1 Å². The van der Waals surface area contributed by atoms with Crippen molar-refractivity contribution in [3.63, 3.8) is 0 Å². The molecule has 1 aromatic carbocycles. The van der Waals surface area contributed by atoms with Gasteiger partial charge in [-0.1, -0.05) is 18.2 Å². The fourth-order valence-corrected chi connectivity index (χ4v) is 3.48. The van der Waals surface area contributed by atoms with Crippen LogP contribution in [0.3, 0.4) is 0 Å². The van der Waals surface area contributed by atoms with Crippen LogP contribution >= 0.6 is 0 Å². The highest BCUT2D eigenvalue weighted by Crippen LogP contribution is 2.32. The zero-order chi connectivity index (χ0) is 17.6. The first-order valence-electron chi connectivity index (χ1n) is 8.38. The maximum Gasteiger partial charge on any atom is 0.252 e. The van der Waals surface area contributed by atoms with Crippen molar-refractivity contribution in [1.82, 2.24) is 20.1 Å². The van der Waals surface area contributed by atoms with Crippen LogP contribution in [0, 0.1) is 13.8 Å². The number of benzene rings is 1. The van der Waals surface area contributed by atoms with Crippen molar-refractivity contribution in [3.05, 3.63) is 52.8 Å². The molecule has 2 aromatic heterocycles. The lowest BCUT2D eigenvalue weighted by atomic mass is 9.99. The van der Waals surface area contributed by atoms with E-state index in [4.69, 9.17) is 4.74 Å². The summed E-state index contributed by atoms with van der Waals surface area (Å²) in [4.78, 5) is 17.6. The van der Waals surface area contributed by atoms with Gasteiger partial charge in [-0.3, -0.25) is 9.48 Å². The SMILES string of the molecule is Cc1cc(C(=O)NC2CCOc3ccccc32)c2c(C)nn(C)c2n1. The van der Waals surface area contributed by atoms with E-state index in [9.17, 15) is 4.79 Å². The molecule has 0 fully saturated rings. The van der Waals surface area contributed by atoms with E-state index >= 15 is 0 Å². The fraction of sp³-hybridized carbons (Fsp3) is 0.316. The third kappa shape index (κ3) is 2.63. The molecule has 1 aliphatic heterocycles. The summed E-state index contributed by atoms with van der Waals surface area (Å²) in [5.41, 5.74) is 3.98. The van der Waals surface area contributed by atoms with E-state index in [0.29, 0.717) is 12.2 Å². The monoisotopic (exact) mass is 336 g/mol. The van der Waals surface area contributed by atoms with E-state index in [2.05, 4.69) is 15.4 Å². The molecule has 3 heterocycles. The Morgan fingerprint density at radius 1 is 1.32 bits per heavy atom. The summed E-state index contributed by atoms with van der Waals surface area (Å²) in [7, 11) is 1.85. The van der Waals surface area contributed by atoms with Gasteiger partial charge in [0.1, 0.15) is 5.75 Å². The molecule has 0 saturated carbocycles. The summed E-state index contributed by atoms with van der Waals surface area (Å²) in [6, 6.07) is 9.62. The maximum atomic E-state index is 13.0. The molecule has 1 N–H and O–H groups in total. The first kappa shape index (κ1) is 15.6. The Bertz CT molecular complexity index is 977. The van der Waals surface area contributed by atoms with Crippen molar-refractivity contribution >= 4 is 16.9 Å². The smallest absolute Gasteiger partial charge is 0.252 e. The van der Waals surface area contributed by atoms with Gasteiger partial charge in [-0.05, 0) is 26.0 Å². The molecule has 4 rings (SSSR count). The predicted molar refractivity (Wildman–Crippen MR) is 94.7 cm³/mol. The van der Waals surface area contributed by atoms with Crippen molar-refractivity contribution in [2.24, 2.45) is 7.05 Å². The minimum absolute atomic E-state index is 0.0575. The van der Waals surface area contributed by atoms with Crippen LogP contribution in [0.1, 0.15) is 39.8 Å². The highest BCUT2D eigenvalue weighted by atomic mass is 16.5. The van der Waals surface area contributed by atoms with E-state index in [1.807, 2.05) is 51.2 Å². The summed E-state index contributed by atoms with van der Waals surface area (Å²) >= 11 is 0. The molecule has 1 atom stereocenters. The van der Waals surface area contributed by atoms with Crippen molar-refractivity contribution in [1.29, 1.82) is 0 Å². The molecule has 25 heavy (non-hydrogen) atoms. The lowest BCUT2D eigenvalue weighted by Crippen LogP contribution is -2.32. The molecule has 128 valence electrons. The molecule has 1 amide bonds. The van der Waals surface area contributed by atoms with Crippen LogP contribution in [0.4, 0.5) is 0 Å². The molecule has 0 radical (unpaired) electrons. The van der Waals surface area contributed by atoms with Gasteiger partial charge < -0.3 is 10.1 Å². The molecule has 6 nitrogen and oxygen atoms in total. The van der Waals surface area contributed by atoms with Crippen LogP contribution in [0.2, 0.25) is 0 Å². The van der Waals surface area contributed by atoms with Gasteiger partial charge in [-0.25, -0.2) is 4.98 Å². The third-order valence-electron chi connectivity index (χ3n) is 4.61. The number of fused-ring (bicyclic) bond motifs is 2. The molecule has 1 aliphatic rings. The molecule has 0 saturated heterocycles. The van der Waals surface area contributed by atoms with Crippen molar-refractivity contribution < 1.29 is 9.53 Å². The highest BCUT2D eigenvalue weighted by molar-refractivity contribution is 6.06. The first-order chi connectivity index (χ1) is 12.0. The van der Waals surface area contributed by atoms with Crippen molar-refractivity contribution in [2.45, 2.75) is 26.3 Å². The van der Waals surface area contributed by atoms with Crippen LogP contribution in [0.5, 0.6) is 5.75 Å². The number of nitrogens with zero attached hydrogens (tertiary/aromatic N) is 3. The summed E-state index contributed by atoms with van der Waals surface area (Å²) in [5.74, 6) is 0.737. The Hall–Kier alpha value is -2.89. The van der Waals surface area contributed by atoms with Gasteiger partial charge in [0.25, 0.3) is 5.91 Å². The Labute approximate surface area is 145 Å². The topological polar surface area (TPSA) is 69.0 Å². The van der Waals surface area contributed by atoms with Crippen LogP contribution in [0.25, 0.3) is 11.0 Å². The quantitative estimate of drug-likeness (QED) is 0.781. The van der Waals surface area contributed by atoms with Gasteiger partial charge in [0.05, 0.1) is 29.3 Å². The normalized spacial score (nSPS) is 16.4. The van der Waals surface area contributed by atoms with Gasteiger partial charge in [-0.2, -0.15) is 5.10 Å². The zero-order valence-electron chi connectivity index (χ0n) is 14.5. The van der Waals surface area contributed by atoms with Crippen LogP contribution in [-0.4, -0.2) is 27.3 Å². The molecular formula is C19H20N4O2. The number of rotatable bonds is 2. The van der Waals surface area contributed by atoms with E-state index in [0.717, 1.165) is 40.2 Å². The van der Waals surface area contributed by atoms with E-state index < -0.39 is 0 Å². The number of carbonyl (C=O) groups is 1. The van der Waals surface area contributed by atoms with Gasteiger partial charge in [0, 0.05) is 24.7 Å². The fourth-order valence-electron chi connectivity index (χ4n) is 3.48. The summed E-state index contributed by atoms with van der Waals surface area (Å²) in [6.07, 6.45) is 0.752. The van der Waals surface area contributed by atoms with Gasteiger partial charge in [-0.15, -0.1) is 0 Å². The number of aryl methyl sites for hydroxylation is 3. The first-order valence-corrected chi connectivity index (χ1v) is 8.38. The number of aromatic nitrogens is 3. The van der Waals surface area contributed by atoms with Crippen LogP contribution in [-0.2, 0) is 7.05 Å². The van der Waals surface area contributed by atoms with Crippen molar-refractivity contribution in [2.75, 3.05) is 6.61 Å². The van der Waals surface area contributed by atoms with Gasteiger partial charge in [0.2, 0.25) is 0 Å². The molecule has 0 aliphatic carbocycles. The third-order valence-corrected chi connectivity index (χ3v) is 4.61. The predicted octanol–water partition coefficient (Wildman–Crippen LogP) is 2.84. The summed E-state index contributed by atoms with van der Waals surface area (Å²) < 4.78 is 7.40. The number of para-hydroxylation sites is 1. The number of amides is 1. The number of carbonyl (C=O) groups excluding carboxylic acids is 1. The van der Waals surface area contributed by atoms with E-state index in [1.54, 1.807) is 4.68 Å². The Morgan fingerprint density at radius 2 is 2.12 bits per heavy atom. The highest BCUT2D eigenvalue weighted by Gasteiger charge is 2.25. The molecule has 3 aromatic rings. The minimum Gasteiger partial charge on any atom is -0.493 e. The van der Waals surface area contributed by atoms with E-state index in [1.165, 1.54) is 0 Å². The Morgan fingerprint density at radius 3 is 2.96 bits per heavy atom. The van der Waals surface area contributed by atoms with Crippen molar-refractivity contribution in [3.8, 4) is 5.75 Å². The Balaban J connectivity index is 1.72. The number of pyridine rings is 1. The average Bonchev–Trinajstić information content (AvgIpc) is 2.88. The zero-order valence-corrected chi connectivity index (χ0v) is 14.5. The maximum absolute atomic E-state index is 13.0. The minimum atomic E-state index is -0.103. The molecule has 6 heteroatoms. The molecular weight excluding hydrogens is 316 g/mol. The average molecular weight is 336 g/mol.